The first-order chi connectivity index (χ1) is 18.8. The molecule has 5 heterocycles. The van der Waals surface area contributed by atoms with Gasteiger partial charge in [-0.25, -0.2) is 17.6 Å². The SMILES string of the molecule is CCCOc1ccc(S(=O)(=O)N2CCN3C=CC[C@@H]3C2)cc1-c1[nH]c2c(c1I)n(CCC)c(=O)n1cnnc21. The normalized spacial score (nSPS) is 17.9. The van der Waals surface area contributed by atoms with Crippen molar-refractivity contribution < 1.29 is 13.2 Å². The Balaban J connectivity index is 1.51. The van der Waals surface area contributed by atoms with Crippen molar-refractivity contribution in [3.63, 3.8) is 0 Å². The molecule has 0 radical (unpaired) electrons. The van der Waals surface area contributed by atoms with E-state index in [9.17, 15) is 13.2 Å². The predicted octanol–water partition coefficient (Wildman–Crippen LogP) is 3.44. The van der Waals surface area contributed by atoms with E-state index in [1.54, 1.807) is 27.1 Å². The molecular formula is C26H30IN7O4S. The first-order valence-corrected chi connectivity index (χ1v) is 15.7. The van der Waals surface area contributed by atoms with E-state index >= 15 is 0 Å². The molecule has 6 rings (SSSR count). The van der Waals surface area contributed by atoms with Gasteiger partial charge < -0.3 is 14.6 Å². The van der Waals surface area contributed by atoms with E-state index in [0.29, 0.717) is 61.0 Å². The summed E-state index contributed by atoms with van der Waals surface area (Å²) >= 11 is 2.22. The highest BCUT2D eigenvalue weighted by Crippen LogP contribution is 2.39. The summed E-state index contributed by atoms with van der Waals surface area (Å²) in [5, 5.41) is 8.16. The van der Waals surface area contributed by atoms with Gasteiger partial charge in [0, 0.05) is 37.8 Å². The number of sulfonamides is 1. The summed E-state index contributed by atoms with van der Waals surface area (Å²) in [6.45, 7) is 6.61. The van der Waals surface area contributed by atoms with E-state index in [4.69, 9.17) is 4.74 Å². The topological polar surface area (TPSA) is 118 Å². The molecular weight excluding hydrogens is 633 g/mol. The van der Waals surface area contributed by atoms with Crippen LogP contribution < -0.4 is 10.4 Å². The first-order valence-electron chi connectivity index (χ1n) is 13.2. The second-order valence-corrected chi connectivity index (χ2v) is 12.9. The number of aryl methyl sites for hydroxylation is 1. The van der Waals surface area contributed by atoms with Crippen LogP contribution in [0, 0.1) is 3.57 Å². The van der Waals surface area contributed by atoms with Gasteiger partial charge >= 0.3 is 5.69 Å². The third kappa shape index (κ3) is 4.34. The smallest absolute Gasteiger partial charge is 0.335 e. The van der Waals surface area contributed by atoms with Gasteiger partial charge in [-0.2, -0.15) is 4.31 Å². The fourth-order valence-corrected chi connectivity index (χ4v) is 7.92. The fraction of sp³-hybridized carbons (Fsp3) is 0.423. The highest BCUT2D eigenvalue weighted by Gasteiger charge is 2.35. The Morgan fingerprint density at radius 1 is 1.21 bits per heavy atom. The summed E-state index contributed by atoms with van der Waals surface area (Å²) in [5.74, 6) is 0.576. The number of hydrogen-bond acceptors (Lipinski definition) is 7. The van der Waals surface area contributed by atoms with Gasteiger partial charge in [-0.1, -0.05) is 19.9 Å². The monoisotopic (exact) mass is 663 g/mol. The summed E-state index contributed by atoms with van der Waals surface area (Å²) < 4.78 is 39.3. The van der Waals surface area contributed by atoms with Crippen LogP contribution in [0.1, 0.15) is 33.1 Å². The van der Waals surface area contributed by atoms with E-state index in [1.165, 1.54) is 10.7 Å². The van der Waals surface area contributed by atoms with Crippen molar-refractivity contribution in [3.05, 3.63) is 50.9 Å². The van der Waals surface area contributed by atoms with Crippen LogP contribution in [0.3, 0.4) is 0 Å². The van der Waals surface area contributed by atoms with Crippen LogP contribution >= 0.6 is 22.6 Å². The lowest BCUT2D eigenvalue weighted by Gasteiger charge is -2.37. The quantitative estimate of drug-likeness (QED) is 0.287. The Hall–Kier alpha value is -2.91. The van der Waals surface area contributed by atoms with E-state index in [2.05, 4.69) is 54.9 Å². The molecule has 206 valence electrons. The Morgan fingerprint density at radius 2 is 2.05 bits per heavy atom. The fourth-order valence-electron chi connectivity index (χ4n) is 5.44. The number of aromatic amines is 1. The number of benzene rings is 1. The summed E-state index contributed by atoms with van der Waals surface area (Å²) in [7, 11) is -3.74. The average Bonchev–Trinajstić information content (AvgIpc) is 3.68. The van der Waals surface area contributed by atoms with Crippen molar-refractivity contribution in [1.29, 1.82) is 0 Å². The first kappa shape index (κ1) is 26.3. The summed E-state index contributed by atoms with van der Waals surface area (Å²) in [4.78, 5) is 19.1. The molecule has 1 atom stereocenters. The number of fused-ring (bicyclic) bond motifs is 4. The Kier molecular flexibility index (Phi) is 6.91. The number of nitrogens with zero attached hydrogens (tertiary/aromatic N) is 6. The van der Waals surface area contributed by atoms with Crippen LogP contribution in [0.5, 0.6) is 5.75 Å². The van der Waals surface area contributed by atoms with Gasteiger partial charge in [0.05, 0.1) is 26.3 Å². The molecule has 0 aliphatic carbocycles. The molecule has 39 heavy (non-hydrogen) atoms. The van der Waals surface area contributed by atoms with Gasteiger partial charge in [-0.3, -0.25) is 4.57 Å². The summed E-state index contributed by atoms with van der Waals surface area (Å²) in [6, 6.07) is 5.23. The number of H-pyrrole nitrogens is 1. The van der Waals surface area contributed by atoms with Crippen LogP contribution in [-0.4, -0.2) is 74.1 Å². The predicted molar refractivity (Wildman–Crippen MR) is 156 cm³/mol. The highest BCUT2D eigenvalue weighted by atomic mass is 127. The average molecular weight is 664 g/mol. The van der Waals surface area contributed by atoms with Crippen LogP contribution in [0.15, 0.2) is 46.5 Å². The summed E-state index contributed by atoms with van der Waals surface area (Å²) in [6.07, 6.45) is 8.00. The number of ether oxygens (including phenoxy) is 1. The van der Waals surface area contributed by atoms with Crippen LogP contribution in [0.4, 0.5) is 0 Å². The molecule has 11 nitrogen and oxygen atoms in total. The lowest BCUT2D eigenvalue weighted by atomic mass is 10.1. The lowest BCUT2D eigenvalue weighted by Crippen LogP contribution is -2.51. The molecule has 0 saturated carbocycles. The molecule has 1 N–H and O–H groups in total. The minimum atomic E-state index is -3.74. The maximum Gasteiger partial charge on any atom is 0.335 e. The maximum atomic E-state index is 13.8. The largest absolute Gasteiger partial charge is 0.493 e. The molecule has 3 aromatic heterocycles. The molecule has 13 heteroatoms. The zero-order chi connectivity index (χ0) is 27.3. The van der Waals surface area contributed by atoms with Gasteiger partial charge in [0.1, 0.15) is 17.6 Å². The van der Waals surface area contributed by atoms with Gasteiger partial charge in [0.2, 0.25) is 10.0 Å². The molecule has 1 aromatic carbocycles. The van der Waals surface area contributed by atoms with E-state index in [1.807, 2.05) is 13.8 Å². The van der Waals surface area contributed by atoms with Gasteiger partial charge in [0.15, 0.2) is 5.65 Å². The molecule has 4 aromatic rings. The van der Waals surface area contributed by atoms with Crippen molar-refractivity contribution in [2.75, 3.05) is 26.2 Å². The second kappa shape index (κ2) is 10.2. The second-order valence-electron chi connectivity index (χ2n) is 9.88. The Morgan fingerprint density at radius 3 is 2.85 bits per heavy atom. The van der Waals surface area contributed by atoms with Crippen LogP contribution in [0.25, 0.3) is 27.9 Å². The van der Waals surface area contributed by atoms with E-state index in [-0.39, 0.29) is 16.6 Å². The lowest BCUT2D eigenvalue weighted by molar-refractivity contribution is 0.184. The molecule has 1 saturated heterocycles. The number of piperazine rings is 1. The zero-order valence-electron chi connectivity index (χ0n) is 21.8. The van der Waals surface area contributed by atoms with E-state index in [0.717, 1.165) is 28.3 Å². The molecule has 2 aliphatic heterocycles. The maximum absolute atomic E-state index is 13.8. The molecule has 0 unspecified atom stereocenters. The van der Waals surface area contributed by atoms with Crippen molar-refractivity contribution in [2.24, 2.45) is 0 Å². The highest BCUT2D eigenvalue weighted by molar-refractivity contribution is 14.1. The number of nitrogens with one attached hydrogen (secondary N) is 1. The standard InChI is InChI=1S/C26H30IN7O4S/c1-3-9-33-24-21(27)22(29-23(24)25-30-28-16-34(25)26(33)35)19-14-18(7-8-20(19)38-13-4-2)39(36,37)32-12-11-31-10-5-6-17(31)15-32/h5,7-8,10,14,16-17,29H,3-4,6,9,11-13,15H2,1-2H3/t17-/m1/s1. The van der Waals surface area contributed by atoms with Crippen LogP contribution in [0.2, 0.25) is 0 Å². The van der Waals surface area contributed by atoms with Crippen molar-refractivity contribution in [2.45, 2.75) is 50.6 Å². The third-order valence-electron chi connectivity index (χ3n) is 7.36. The molecule has 0 amide bonds. The Bertz CT molecular complexity index is 1760. The number of aromatic nitrogens is 5. The van der Waals surface area contributed by atoms with Gasteiger partial charge in [-0.05, 0) is 66.3 Å². The molecule has 2 aliphatic rings. The number of rotatable bonds is 8. The summed E-state index contributed by atoms with van der Waals surface area (Å²) in [5.41, 5.74) is 2.90. The van der Waals surface area contributed by atoms with E-state index < -0.39 is 10.0 Å². The zero-order valence-corrected chi connectivity index (χ0v) is 24.8. The minimum Gasteiger partial charge on any atom is -0.493 e. The van der Waals surface area contributed by atoms with Crippen molar-refractivity contribution >= 4 is 49.3 Å². The van der Waals surface area contributed by atoms with Crippen molar-refractivity contribution in [3.8, 4) is 17.0 Å². The molecule has 1 fully saturated rings. The number of halogens is 1. The minimum absolute atomic E-state index is 0.177. The molecule has 0 bridgehead atoms. The molecule has 0 spiro atoms. The van der Waals surface area contributed by atoms with Gasteiger partial charge in [-0.15, -0.1) is 10.2 Å². The van der Waals surface area contributed by atoms with Crippen molar-refractivity contribution in [1.82, 2.24) is 33.4 Å². The van der Waals surface area contributed by atoms with Crippen LogP contribution in [-0.2, 0) is 16.6 Å². The Labute approximate surface area is 239 Å². The van der Waals surface area contributed by atoms with Gasteiger partial charge in [0.25, 0.3) is 0 Å². The third-order valence-corrected chi connectivity index (χ3v) is 10.3. The number of hydrogen-bond donors (Lipinski definition) is 1.